The summed E-state index contributed by atoms with van der Waals surface area (Å²) in [6.45, 7) is -0.417. The Kier molecular flexibility index (Phi) is 5.90. The Morgan fingerprint density at radius 3 is 2.61 bits per heavy atom. The van der Waals surface area contributed by atoms with Crippen LogP contribution in [-0.2, 0) is 4.74 Å². The van der Waals surface area contributed by atoms with Gasteiger partial charge in [0.2, 0.25) is 5.52 Å². The number of nitrogens with zero attached hydrogens (tertiary/aromatic N) is 7. The number of alkyl halides is 3. The number of aliphatic hydroxyl groups excluding tert-OH is 2. The Morgan fingerprint density at radius 2 is 2.03 bits per heavy atom. The van der Waals surface area contributed by atoms with E-state index in [1.165, 1.54) is 15.5 Å². The van der Waals surface area contributed by atoms with Gasteiger partial charge in [-0.25, -0.2) is 9.55 Å². The van der Waals surface area contributed by atoms with E-state index in [0.717, 1.165) is 5.69 Å². The van der Waals surface area contributed by atoms with Crippen LogP contribution in [0.2, 0.25) is 0 Å². The Hall–Kier alpha value is -3.36. The molecular formula is C19H20F3N7O4. The first kappa shape index (κ1) is 22.8. The molecule has 1 aliphatic rings. The number of pyridine rings is 1. The van der Waals surface area contributed by atoms with E-state index in [9.17, 15) is 28.5 Å². The molecule has 0 saturated carbocycles. The highest BCUT2D eigenvalue weighted by Gasteiger charge is 2.36. The minimum absolute atomic E-state index is 0.0497. The van der Waals surface area contributed by atoms with Crippen LogP contribution in [-0.4, -0.2) is 74.7 Å². The number of imidazole rings is 1. The maximum absolute atomic E-state index is 12.8. The van der Waals surface area contributed by atoms with Crippen molar-refractivity contribution >= 4 is 28.7 Å². The zero-order chi connectivity index (χ0) is 23.9. The summed E-state index contributed by atoms with van der Waals surface area (Å²) in [6.07, 6.45) is -3.09. The molecule has 0 unspecified atom stereocenters. The maximum atomic E-state index is 12.8. The lowest BCUT2D eigenvalue weighted by molar-refractivity contribution is -0.598. The highest BCUT2D eigenvalue weighted by Crippen LogP contribution is 2.32. The van der Waals surface area contributed by atoms with Crippen LogP contribution in [0.1, 0.15) is 12.6 Å². The number of aliphatic imine (C=N–C) groups is 1. The van der Waals surface area contributed by atoms with Gasteiger partial charge < -0.3 is 25.0 Å². The Labute approximate surface area is 185 Å². The van der Waals surface area contributed by atoms with Crippen LogP contribution in [0, 0.1) is 0 Å². The van der Waals surface area contributed by atoms with E-state index in [1.54, 1.807) is 24.5 Å². The summed E-state index contributed by atoms with van der Waals surface area (Å²) in [6, 6.07) is 3.51. The molecule has 1 aliphatic heterocycles. The number of anilines is 1. The summed E-state index contributed by atoms with van der Waals surface area (Å²) in [7, 11) is 3.69. The van der Waals surface area contributed by atoms with Gasteiger partial charge in [-0.15, -0.1) is 0 Å². The van der Waals surface area contributed by atoms with Gasteiger partial charge in [-0.05, 0) is 0 Å². The monoisotopic (exact) mass is 467 g/mol. The fraction of sp³-hybridized carbons (Fsp3) is 0.421. The summed E-state index contributed by atoms with van der Waals surface area (Å²) < 4.78 is 46.9. The second-order valence-electron chi connectivity index (χ2n) is 7.56. The number of ether oxygens (including phenoxy) is 1. The summed E-state index contributed by atoms with van der Waals surface area (Å²) in [5.74, 6) is -2.96. The number of aliphatic hydroxyl groups is 2. The first-order valence-electron chi connectivity index (χ1n) is 9.79. The van der Waals surface area contributed by atoms with Crippen molar-refractivity contribution in [3.8, 4) is 5.82 Å². The van der Waals surface area contributed by atoms with E-state index in [-0.39, 0.29) is 23.4 Å². The molecule has 1 fully saturated rings. The van der Waals surface area contributed by atoms with Gasteiger partial charge in [0.05, 0.1) is 37.3 Å². The van der Waals surface area contributed by atoms with E-state index in [4.69, 9.17) is 4.74 Å². The quantitative estimate of drug-likeness (QED) is 0.298. The summed E-state index contributed by atoms with van der Waals surface area (Å²) in [5, 5.41) is 30.8. The maximum Gasteiger partial charge on any atom is 0.419 e. The molecule has 14 heteroatoms. The van der Waals surface area contributed by atoms with Gasteiger partial charge in [-0.2, -0.15) is 23.1 Å². The molecule has 11 nitrogen and oxygen atoms in total. The molecule has 0 aliphatic carbocycles. The molecule has 4 heterocycles. The fourth-order valence-electron chi connectivity index (χ4n) is 3.39. The molecule has 0 aromatic carbocycles. The Balaban J connectivity index is 1.87. The lowest BCUT2D eigenvalue weighted by Gasteiger charge is -2.14. The van der Waals surface area contributed by atoms with Crippen molar-refractivity contribution in [2.75, 3.05) is 25.6 Å². The zero-order valence-corrected chi connectivity index (χ0v) is 17.5. The predicted octanol–water partition coefficient (Wildman–Crippen LogP) is -0.238. The Morgan fingerprint density at radius 1 is 1.33 bits per heavy atom. The fourth-order valence-corrected chi connectivity index (χ4v) is 3.39. The lowest BCUT2D eigenvalue weighted by Crippen LogP contribution is -2.35. The number of fused-ring (bicyclic) bond motifs is 1. The van der Waals surface area contributed by atoms with Crippen molar-refractivity contribution in [1.29, 1.82) is 0 Å². The van der Waals surface area contributed by atoms with Gasteiger partial charge >= 0.3 is 17.9 Å². The van der Waals surface area contributed by atoms with Crippen molar-refractivity contribution in [2.45, 2.75) is 31.0 Å². The van der Waals surface area contributed by atoms with Crippen molar-refractivity contribution in [2.24, 2.45) is 4.99 Å². The number of hydrogen-bond acceptors (Lipinski definition) is 9. The predicted molar refractivity (Wildman–Crippen MR) is 106 cm³/mol. The van der Waals surface area contributed by atoms with Crippen LogP contribution in [0.15, 0.2) is 35.8 Å². The van der Waals surface area contributed by atoms with Crippen LogP contribution in [0.3, 0.4) is 0 Å². The molecule has 3 aromatic rings. The standard InChI is InChI=1S/C19H20F3N7O4/c1-27(2)10-3-5-28(6-4-10)15-14-16(25-18(24-15)26-17(32)19(20,21)22)29(9-23-14)13-7-11(31)12(8-30)33-13/h3-6,9,11-13,30-31H,7-8H2,1-2H3/t11-,12+,13+/m1/s1. The second-order valence-corrected chi connectivity index (χ2v) is 7.56. The van der Waals surface area contributed by atoms with Gasteiger partial charge in [0.25, 0.3) is 0 Å². The zero-order valence-electron chi connectivity index (χ0n) is 17.5. The third kappa shape index (κ3) is 4.44. The molecule has 3 atom stereocenters. The molecule has 0 spiro atoms. The molecule has 1 saturated heterocycles. The van der Waals surface area contributed by atoms with Crippen LogP contribution >= 0.6 is 0 Å². The van der Waals surface area contributed by atoms with Crippen molar-refractivity contribution in [3.63, 3.8) is 0 Å². The molecule has 3 aromatic heterocycles. The van der Waals surface area contributed by atoms with Crippen LogP contribution in [0.5, 0.6) is 0 Å². The topological polar surface area (TPSA) is 136 Å². The number of aromatic nitrogens is 5. The van der Waals surface area contributed by atoms with Crippen LogP contribution < -0.4 is 14.6 Å². The van der Waals surface area contributed by atoms with Crippen LogP contribution in [0.25, 0.3) is 17.0 Å². The van der Waals surface area contributed by atoms with Crippen molar-refractivity contribution in [1.82, 2.24) is 19.5 Å². The van der Waals surface area contributed by atoms with E-state index in [1.807, 2.05) is 19.0 Å². The van der Waals surface area contributed by atoms with E-state index in [0.29, 0.717) is 0 Å². The normalized spacial score (nSPS) is 21.7. The first-order valence-corrected chi connectivity index (χ1v) is 9.79. The van der Waals surface area contributed by atoms with E-state index >= 15 is 0 Å². The summed E-state index contributed by atoms with van der Waals surface area (Å²) >= 11 is 0. The molecule has 2 N–H and O–H groups in total. The highest BCUT2D eigenvalue weighted by molar-refractivity contribution is 5.82. The molecule has 4 rings (SSSR count). The average molecular weight is 467 g/mol. The minimum Gasteiger partial charge on any atom is -0.855 e. The Bertz CT molecular complexity index is 1180. The number of hydrogen-bond donors (Lipinski definition) is 2. The smallest absolute Gasteiger partial charge is 0.419 e. The van der Waals surface area contributed by atoms with Gasteiger partial charge in [-0.3, -0.25) is 4.57 Å². The molecule has 33 heavy (non-hydrogen) atoms. The molecule has 176 valence electrons. The van der Waals surface area contributed by atoms with Gasteiger partial charge in [0.1, 0.15) is 12.3 Å². The van der Waals surface area contributed by atoms with Gasteiger partial charge in [0, 0.05) is 43.3 Å². The molecule has 0 bridgehead atoms. The number of halogens is 3. The third-order valence-corrected chi connectivity index (χ3v) is 5.10. The van der Waals surface area contributed by atoms with E-state index in [2.05, 4.69) is 19.9 Å². The summed E-state index contributed by atoms with van der Waals surface area (Å²) in [5.41, 5.74) is 1.12. The molecule has 0 radical (unpaired) electrons. The van der Waals surface area contributed by atoms with E-state index < -0.39 is 43.1 Å². The molecule has 0 amide bonds. The SMILES string of the molecule is CN(C)c1cc[n+](-c2nc(/N=C(\[O-])C(F)(F)F)nc3c2ncn3[C@@H]2C[C@@H](O)[C@H](CO)O2)cc1. The van der Waals surface area contributed by atoms with Crippen molar-refractivity contribution < 1.29 is 37.8 Å². The van der Waals surface area contributed by atoms with Gasteiger partial charge in [-0.1, -0.05) is 0 Å². The average Bonchev–Trinajstić information content (AvgIpc) is 3.35. The largest absolute Gasteiger partial charge is 0.855 e. The minimum atomic E-state index is -5.19. The third-order valence-electron chi connectivity index (χ3n) is 5.10. The lowest BCUT2D eigenvalue weighted by atomic mass is 10.2. The summed E-state index contributed by atoms with van der Waals surface area (Å²) in [4.78, 5) is 17.2. The first-order chi connectivity index (χ1) is 15.6. The highest BCUT2D eigenvalue weighted by atomic mass is 19.4. The second kappa shape index (κ2) is 8.53. The molecular weight excluding hydrogens is 447 g/mol. The van der Waals surface area contributed by atoms with Gasteiger partial charge in [0.15, 0.2) is 5.65 Å². The van der Waals surface area contributed by atoms with Crippen molar-refractivity contribution in [3.05, 3.63) is 30.9 Å². The van der Waals surface area contributed by atoms with Crippen LogP contribution in [0.4, 0.5) is 24.8 Å². The number of rotatable bonds is 5.